The number of nitrogens with one attached hydrogen (secondary N) is 1. The maximum atomic E-state index is 15.4. The number of fused-ring (bicyclic) bond motifs is 1. The van der Waals surface area contributed by atoms with Gasteiger partial charge in [-0.2, -0.15) is 0 Å². The normalized spacial score (nSPS) is 13.7. The van der Waals surface area contributed by atoms with Gasteiger partial charge in [0.1, 0.15) is 29.1 Å². The number of piperidine rings is 1. The molecule has 9 nitrogen and oxygen atoms in total. The van der Waals surface area contributed by atoms with Crippen molar-refractivity contribution in [2.45, 2.75) is 32.5 Å². The Morgan fingerprint density at radius 1 is 0.961 bits per heavy atom. The Bertz CT molecular complexity index is 2250. The van der Waals surface area contributed by atoms with Crippen LogP contribution in [-0.2, 0) is 6.54 Å². The SMILES string of the molecule is CCOc1ccn(-c2ccc(F)cc2)c(=O)c1C(=O)Nc1ccc(Oc2ccnc3cc(-c4ccc(CN5CCC(F)CC5)cn4)sc23)c(F)c1. The van der Waals surface area contributed by atoms with Gasteiger partial charge in [0.25, 0.3) is 11.5 Å². The van der Waals surface area contributed by atoms with Gasteiger partial charge in [0.15, 0.2) is 11.6 Å². The van der Waals surface area contributed by atoms with Gasteiger partial charge in [0.2, 0.25) is 0 Å². The number of amides is 1. The molecule has 0 atom stereocenters. The van der Waals surface area contributed by atoms with Gasteiger partial charge in [-0.3, -0.25) is 29.0 Å². The van der Waals surface area contributed by atoms with Crippen molar-refractivity contribution in [3.05, 3.63) is 125 Å². The van der Waals surface area contributed by atoms with E-state index in [4.69, 9.17) is 9.47 Å². The summed E-state index contributed by atoms with van der Waals surface area (Å²) in [6.07, 6.45) is 5.25. The van der Waals surface area contributed by atoms with Crippen LogP contribution in [0, 0.1) is 11.6 Å². The molecule has 4 aromatic heterocycles. The third-order valence-electron chi connectivity index (χ3n) is 8.47. The number of aromatic nitrogens is 3. The zero-order valence-electron chi connectivity index (χ0n) is 27.4. The fraction of sp³-hybridized carbons (Fsp3) is 0.211. The molecule has 5 heterocycles. The molecule has 0 unspecified atom stereocenters. The molecule has 7 rings (SSSR count). The largest absolute Gasteiger partial charge is 0.493 e. The van der Waals surface area contributed by atoms with Crippen LogP contribution in [0.15, 0.2) is 96.2 Å². The minimum absolute atomic E-state index is 0.0526. The summed E-state index contributed by atoms with van der Waals surface area (Å²) in [6.45, 7) is 4.09. The first-order chi connectivity index (χ1) is 24.7. The van der Waals surface area contributed by atoms with Crippen LogP contribution in [0.1, 0.15) is 35.7 Å². The first-order valence-electron chi connectivity index (χ1n) is 16.4. The van der Waals surface area contributed by atoms with Gasteiger partial charge >= 0.3 is 0 Å². The average Bonchev–Trinajstić information content (AvgIpc) is 3.57. The number of hydrogen-bond donors (Lipinski definition) is 1. The predicted octanol–water partition coefficient (Wildman–Crippen LogP) is 8.16. The Hall–Kier alpha value is -5.53. The molecule has 260 valence electrons. The third kappa shape index (κ3) is 7.49. The summed E-state index contributed by atoms with van der Waals surface area (Å²) >= 11 is 1.42. The van der Waals surface area contributed by atoms with Crippen LogP contribution in [0.25, 0.3) is 26.5 Å². The molecule has 1 fully saturated rings. The van der Waals surface area contributed by atoms with Crippen LogP contribution in [0.4, 0.5) is 18.9 Å². The van der Waals surface area contributed by atoms with Gasteiger partial charge in [0, 0.05) is 61.7 Å². The van der Waals surface area contributed by atoms with E-state index >= 15 is 4.39 Å². The molecule has 1 aliphatic rings. The van der Waals surface area contributed by atoms with Crippen LogP contribution >= 0.6 is 11.3 Å². The fourth-order valence-corrected chi connectivity index (χ4v) is 6.93. The van der Waals surface area contributed by atoms with Gasteiger partial charge in [-0.15, -0.1) is 11.3 Å². The van der Waals surface area contributed by atoms with E-state index in [9.17, 15) is 18.4 Å². The van der Waals surface area contributed by atoms with Crippen molar-refractivity contribution in [1.82, 2.24) is 19.4 Å². The summed E-state index contributed by atoms with van der Waals surface area (Å²) in [6, 6.07) is 18.2. The van der Waals surface area contributed by atoms with E-state index < -0.39 is 29.3 Å². The van der Waals surface area contributed by atoms with Gasteiger partial charge in [-0.25, -0.2) is 13.2 Å². The number of thiophene rings is 1. The lowest BCUT2D eigenvalue weighted by atomic mass is 10.1. The number of alkyl halides is 1. The summed E-state index contributed by atoms with van der Waals surface area (Å²) < 4.78 is 55.9. The standard InChI is InChI=1S/C38H32F3N5O4S/c1-2-49-32-14-18-46(27-7-4-24(39)5-8-27)38(48)35(32)37(47)44-26-6-10-31(28(41)19-26)50-33-11-15-42-30-20-34(51-36(30)33)29-9-3-23(21-43-29)22-45-16-12-25(40)13-17-45/h3-11,14-15,18-21,25H,2,12-13,16-17,22H2,1H3,(H,44,47). The Morgan fingerprint density at radius 2 is 1.76 bits per heavy atom. The molecule has 0 spiro atoms. The minimum Gasteiger partial charge on any atom is -0.493 e. The van der Waals surface area contributed by atoms with E-state index in [0.717, 1.165) is 41.8 Å². The Kier molecular flexibility index (Phi) is 9.82. The number of carbonyl (C=O) groups excluding carboxylic acids is 1. The lowest BCUT2D eigenvalue weighted by Crippen LogP contribution is -2.33. The zero-order valence-corrected chi connectivity index (χ0v) is 28.3. The number of pyridine rings is 3. The molecular weight excluding hydrogens is 680 g/mol. The van der Waals surface area contributed by atoms with Crippen molar-refractivity contribution >= 4 is 33.1 Å². The third-order valence-corrected chi connectivity index (χ3v) is 9.63. The minimum atomic E-state index is -0.807. The van der Waals surface area contributed by atoms with Crippen molar-refractivity contribution in [3.63, 3.8) is 0 Å². The summed E-state index contributed by atoms with van der Waals surface area (Å²) in [4.78, 5) is 39.0. The maximum Gasteiger partial charge on any atom is 0.271 e. The molecular formula is C38H32F3N5O4S. The number of rotatable bonds is 10. The number of nitrogens with zero attached hydrogens (tertiary/aromatic N) is 4. The van der Waals surface area contributed by atoms with Crippen LogP contribution < -0.4 is 20.3 Å². The molecule has 6 aromatic rings. The summed E-state index contributed by atoms with van der Waals surface area (Å²) in [5.41, 5.74) is 1.93. The van der Waals surface area contributed by atoms with Crippen molar-refractivity contribution in [2.75, 3.05) is 25.0 Å². The monoisotopic (exact) mass is 711 g/mol. The second-order valence-electron chi connectivity index (χ2n) is 12.0. The topological polar surface area (TPSA) is 98.6 Å². The highest BCUT2D eigenvalue weighted by atomic mass is 32.1. The maximum absolute atomic E-state index is 15.4. The number of likely N-dealkylation sites (tertiary alicyclic amines) is 1. The van der Waals surface area contributed by atoms with E-state index in [1.165, 1.54) is 64.6 Å². The van der Waals surface area contributed by atoms with Crippen LogP contribution in [0.5, 0.6) is 17.2 Å². The highest BCUT2D eigenvalue weighted by molar-refractivity contribution is 7.22. The Balaban J connectivity index is 1.07. The summed E-state index contributed by atoms with van der Waals surface area (Å²) in [5, 5.41) is 2.58. The van der Waals surface area contributed by atoms with E-state index in [1.54, 1.807) is 19.2 Å². The Morgan fingerprint density at radius 3 is 2.49 bits per heavy atom. The van der Waals surface area contributed by atoms with Crippen molar-refractivity contribution in [1.29, 1.82) is 0 Å². The first-order valence-corrected chi connectivity index (χ1v) is 17.2. The van der Waals surface area contributed by atoms with Crippen LogP contribution in [-0.4, -0.2) is 51.2 Å². The number of benzene rings is 2. The highest BCUT2D eigenvalue weighted by Crippen LogP contribution is 2.39. The van der Waals surface area contributed by atoms with Crippen molar-refractivity contribution < 1.29 is 27.4 Å². The van der Waals surface area contributed by atoms with E-state index in [2.05, 4.69) is 20.2 Å². The highest BCUT2D eigenvalue weighted by Gasteiger charge is 2.22. The molecule has 51 heavy (non-hydrogen) atoms. The van der Waals surface area contributed by atoms with Gasteiger partial charge in [-0.1, -0.05) is 6.07 Å². The van der Waals surface area contributed by atoms with Crippen LogP contribution in [0.2, 0.25) is 0 Å². The van der Waals surface area contributed by atoms with Crippen LogP contribution in [0.3, 0.4) is 0 Å². The number of hydrogen-bond acceptors (Lipinski definition) is 8. The average molecular weight is 712 g/mol. The number of halogens is 3. The molecule has 0 saturated carbocycles. The number of ether oxygens (including phenoxy) is 2. The van der Waals surface area contributed by atoms with E-state index in [0.29, 0.717) is 34.5 Å². The van der Waals surface area contributed by atoms with Crippen molar-refractivity contribution in [2.24, 2.45) is 0 Å². The van der Waals surface area contributed by atoms with Crippen molar-refractivity contribution in [3.8, 4) is 33.5 Å². The number of carbonyl (C=O) groups is 1. The smallest absolute Gasteiger partial charge is 0.271 e. The second kappa shape index (κ2) is 14.8. The summed E-state index contributed by atoms with van der Waals surface area (Å²) in [7, 11) is 0. The van der Waals surface area contributed by atoms with Gasteiger partial charge in [-0.05, 0) is 79.9 Å². The van der Waals surface area contributed by atoms with E-state index in [1.807, 2.05) is 24.4 Å². The molecule has 1 amide bonds. The molecule has 1 saturated heterocycles. The predicted molar refractivity (Wildman–Crippen MR) is 190 cm³/mol. The molecule has 0 aliphatic carbocycles. The van der Waals surface area contributed by atoms with E-state index in [-0.39, 0.29) is 29.4 Å². The fourth-order valence-electron chi connectivity index (χ4n) is 5.89. The quantitative estimate of drug-likeness (QED) is 0.153. The van der Waals surface area contributed by atoms with Gasteiger partial charge < -0.3 is 14.8 Å². The lowest BCUT2D eigenvalue weighted by molar-refractivity contribution is 0.102. The summed E-state index contributed by atoms with van der Waals surface area (Å²) in [5.74, 6) is -1.66. The molecule has 2 aromatic carbocycles. The lowest BCUT2D eigenvalue weighted by Gasteiger charge is -2.28. The Labute approximate surface area is 294 Å². The molecule has 13 heteroatoms. The second-order valence-corrected chi connectivity index (χ2v) is 13.0. The molecule has 0 radical (unpaired) electrons. The zero-order chi connectivity index (χ0) is 35.5. The van der Waals surface area contributed by atoms with Gasteiger partial charge in [0.05, 0.1) is 27.4 Å². The molecule has 1 N–H and O–H groups in total. The molecule has 1 aliphatic heterocycles. The number of anilines is 1. The first kappa shape index (κ1) is 33.9. The molecule has 0 bridgehead atoms.